The summed E-state index contributed by atoms with van der Waals surface area (Å²) in [5, 5.41) is 0. The van der Waals surface area contributed by atoms with Crippen LogP contribution in [0.2, 0.25) is 0 Å². The molecule has 0 aliphatic carbocycles. The number of thioether (sulfide) groups is 1. The zero-order chi connectivity index (χ0) is 12.2. The third kappa shape index (κ3) is 3.38. The molecular weight excluding hydrogens is 249 g/mol. The van der Waals surface area contributed by atoms with Crippen LogP contribution in [0.3, 0.4) is 0 Å². The highest BCUT2D eigenvalue weighted by molar-refractivity contribution is 8.00. The number of hydrogen-bond donors (Lipinski definition) is 1. The molecule has 6 heteroatoms. The number of anilines is 1. The Balaban J connectivity index is 2.90. The fraction of sp³-hybridized carbons (Fsp3) is 0.400. The van der Waals surface area contributed by atoms with Gasteiger partial charge in [0.15, 0.2) is 9.84 Å². The summed E-state index contributed by atoms with van der Waals surface area (Å²) in [5.41, 5.74) is 5.58. The minimum Gasteiger partial charge on any atom is -0.399 e. The number of hydrogen-bond acceptors (Lipinski definition) is 4. The predicted octanol–water partition coefficient (Wildman–Crippen LogP) is 1.93. The van der Waals surface area contributed by atoms with E-state index in [0.29, 0.717) is 5.75 Å². The largest absolute Gasteiger partial charge is 0.399 e. The van der Waals surface area contributed by atoms with Gasteiger partial charge in [-0.1, -0.05) is 6.92 Å². The highest BCUT2D eigenvalue weighted by Crippen LogP contribution is 2.19. The van der Waals surface area contributed by atoms with E-state index in [1.165, 1.54) is 23.9 Å². The SMILES string of the molecule is CCSCCS(=O)(=O)c1ccc(N)cc1F. The standard InChI is InChI=1S/C10H14FNO2S2/c1-2-15-5-6-16(13,14)10-4-3-8(12)7-9(10)11/h3-4,7H,2,5-6,12H2,1H3. The lowest BCUT2D eigenvalue weighted by Crippen LogP contribution is -2.11. The van der Waals surface area contributed by atoms with E-state index in [9.17, 15) is 12.8 Å². The molecule has 2 N–H and O–H groups in total. The average Bonchev–Trinajstić information content (AvgIpc) is 2.17. The lowest BCUT2D eigenvalue weighted by Gasteiger charge is -2.05. The van der Waals surface area contributed by atoms with Crippen LogP contribution in [0, 0.1) is 5.82 Å². The van der Waals surface area contributed by atoms with Gasteiger partial charge in [-0.3, -0.25) is 0 Å². The van der Waals surface area contributed by atoms with Crippen molar-refractivity contribution in [1.82, 2.24) is 0 Å². The van der Waals surface area contributed by atoms with E-state index >= 15 is 0 Å². The molecule has 16 heavy (non-hydrogen) atoms. The molecule has 0 spiro atoms. The summed E-state index contributed by atoms with van der Waals surface area (Å²) in [6.07, 6.45) is 0. The maximum atomic E-state index is 13.4. The van der Waals surface area contributed by atoms with E-state index in [1.54, 1.807) is 0 Å². The first-order valence-corrected chi connectivity index (χ1v) is 7.63. The average molecular weight is 263 g/mol. The number of benzene rings is 1. The fourth-order valence-electron chi connectivity index (χ4n) is 1.19. The molecule has 0 radical (unpaired) electrons. The molecule has 0 saturated carbocycles. The summed E-state index contributed by atoms with van der Waals surface area (Å²) < 4.78 is 36.9. The topological polar surface area (TPSA) is 60.2 Å². The Morgan fingerprint density at radius 1 is 1.44 bits per heavy atom. The minimum absolute atomic E-state index is 0.0493. The Kier molecular flexibility index (Phi) is 4.61. The molecule has 0 aliphatic rings. The maximum absolute atomic E-state index is 13.4. The molecule has 0 fully saturated rings. The quantitative estimate of drug-likeness (QED) is 0.651. The molecule has 0 bridgehead atoms. The first-order valence-electron chi connectivity index (χ1n) is 4.83. The van der Waals surface area contributed by atoms with Crippen LogP contribution in [0.1, 0.15) is 6.92 Å². The van der Waals surface area contributed by atoms with Crippen LogP contribution in [0.4, 0.5) is 10.1 Å². The normalized spacial score (nSPS) is 11.6. The summed E-state index contributed by atoms with van der Waals surface area (Å²) in [6.45, 7) is 1.95. The molecule has 0 amide bonds. The van der Waals surface area contributed by atoms with Crippen LogP contribution >= 0.6 is 11.8 Å². The van der Waals surface area contributed by atoms with Crippen LogP contribution in [-0.4, -0.2) is 25.7 Å². The number of nitrogens with two attached hydrogens (primary N) is 1. The molecule has 1 aromatic rings. The summed E-state index contributed by atoms with van der Waals surface area (Å²) in [5.74, 6) is 0.496. The predicted molar refractivity (Wildman–Crippen MR) is 65.9 cm³/mol. The van der Waals surface area contributed by atoms with E-state index < -0.39 is 15.7 Å². The molecule has 1 aromatic carbocycles. The highest BCUT2D eigenvalue weighted by Gasteiger charge is 2.18. The molecule has 1 rings (SSSR count). The number of rotatable bonds is 5. The van der Waals surface area contributed by atoms with Crippen LogP contribution in [0.15, 0.2) is 23.1 Å². The zero-order valence-corrected chi connectivity index (χ0v) is 10.6. The minimum atomic E-state index is -3.53. The van der Waals surface area contributed by atoms with E-state index in [4.69, 9.17) is 5.73 Å². The van der Waals surface area contributed by atoms with Gasteiger partial charge in [0.1, 0.15) is 10.7 Å². The maximum Gasteiger partial charge on any atom is 0.182 e. The molecule has 0 saturated heterocycles. The number of halogens is 1. The van der Waals surface area contributed by atoms with Crippen molar-refractivity contribution in [3.05, 3.63) is 24.0 Å². The van der Waals surface area contributed by atoms with Gasteiger partial charge in [0.25, 0.3) is 0 Å². The van der Waals surface area contributed by atoms with E-state index in [-0.39, 0.29) is 16.3 Å². The molecule has 3 nitrogen and oxygen atoms in total. The molecule has 90 valence electrons. The molecule has 0 unspecified atom stereocenters. The monoisotopic (exact) mass is 263 g/mol. The van der Waals surface area contributed by atoms with E-state index in [1.807, 2.05) is 6.92 Å². The van der Waals surface area contributed by atoms with Gasteiger partial charge in [-0.25, -0.2) is 12.8 Å². The zero-order valence-electron chi connectivity index (χ0n) is 8.94. The van der Waals surface area contributed by atoms with Crippen molar-refractivity contribution >= 4 is 27.3 Å². The lowest BCUT2D eigenvalue weighted by molar-refractivity contribution is 0.568. The molecule has 0 aliphatic heterocycles. The van der Waals surface area contributed by atoms with Gasteiger partial charge < -0.3 is 5.73 Å². The van der Waals surface area contributed by atoms with Crippen LogP contribution in [-0.2, 0) is 9.84 Å². The van der Waals surface area contributed by atoms with Crippen LogP contribution in [0.25, 0.3) is 0 Å². The number of sulfone groups is 1. The fourth-order valence-corrected chi connectivity index (χ4v) is 3.68. The van der Waals surface area contributed by atoms with Crippen molar-refractivity contribution in [2.24, 2.45) is 0 Å². The summed E-state index contributed by atoms with van der Waals surface area (Å²) in [6, 6.07) is 3.64. The Hall–Kier alpha value is -0.750. The first-order chi connectivity index (χ1) is 7.47. The van der Waals surface area contributed by atoms with Gasteiger partial charge in [-0.05, 0) is 24.0 Å². The molecule has 0 heterocycles. The van der Waals surface area contributed by atoms with Crippen molar-refractivity contribution < 1.29 is 12.8 Å². The second kappa shape index (κ2) is 5.54. The highest BCUT2D eigenvalue weighted by atomic mass is 32.2. The Morgan fingerprint density at radius 3 is 2.69 bits per heavy atom. The summed E-state index contributed by atoms with van der Waals surface area (Å²) in [7, 11) is -3.53. The Bertz CT molecular complexity index is 460. The van der Waals surface area contributed by atoms with Crippen LogP contribution < -0.4 is 5.73 Å². The van der Waals surface area contributed by atoms with Gasteiger partial charge in [-0.15, -0.1) is 0 Å². The van der Waals surface area contributed by atoms with Gasteiger partial charge >= 0.3 is 0 Å². The van der Waals surface area contributed by atoms with Gasteiger partial charge in [0.05, 0.1) is 5.75 Å². The van der Waals surface area contributed by atoms with Crippen molar-refractivity contribution in [2.75, 3.05) is 23.0 Å². The second-order valence-electron chi connectivity index (χ2n) is 3.21. The third-order valence-electron chi connectivity index (χ3n) is 1.99. The molecule has 0 aromatic heterocycles. The summed E-state index contributed by atoms with van der Waals surface area (Å²) in [4.78, 5) is -0.265. The van der Waals surface area contributed by atoms with Gasteiger partial charge in [0.2, 0.25) is 0 Å². The Labute approximate surface area is 99.1 Å². The molecule has 0 atom stereocenters. The third-order valence-corrected chi connectivity index (χ3v) is 4.89. The Morgan fingerprint density at radius 2 is 2.12 bits per heavy atom. The van der Waals surface area contributed by atoms with Crippen molar-refractivity contribution in [1.29, 1.82) is 0 Å². The van der Waals surface area contributed by atoms with E-state index in [0.717, 1.165) is 11.8 Å². The van der Waals surface area contributed by atoms with Crippen molar-refractivity contribution in [2.45, 2.75) is 11.8 Å². The summed E-state index contributed by atoms with van der Waals surface area (Å²) >= 11 is 1.51. The van der Waals surface area contributed by atoms with Crippen LogP contribution in [0.5, 0.6) is 0 Å². The molecular formula is C10H14FNO2S2. The lowest BCUT2D eigenvalue weighted by atomic mass is 10.3. The van der Waals surface area contributed by atoms with Crippen molar-refractivity contribution in [3.8, 4) is 0 Å². The van der Waals surface area contributed by atoms with Crippen molar-refractivity contribution in [3.63, 3.8) is 0 Å². The smallest absolute Gasteiger partial charge is 0.182 e. The van der Waals surface area contributed by atoms with Gasteiger partial charge in [0, 0.05) is 11.4 Å². The van der Waals surface area contributed by atoms with Gasteiger partial charge in [-0.2, -0.15) is 11.8 Å². The number of nitrogen functional groups attached to an aromatic ring is 1. The second-order valence-corrected chi connectivity index (χ2v) is 6.68. The first kappa shape index (κ1) is 13.3. The van der Waals surface area contributed by atoms with E-state index in [2.05, 4.69) is 0 Å².